The van der Waals surface area contributed by atoms with Crippen LogP contribution < -0.4 is 0 Å². The van der Waals surface area contributed by atoms with Gasteiger partial charge in [-0.15, -0.1) is 0 Å². The molecule has 0 amide bonds. The van der Waals surface area contributed by atoms with Gasteiger partial charge in [0.25, 0.3) is 0 Å². The fourth-order valence-corrected chi connectivity index (χ4v) is 2.53. The van der Waals surface area contributed by atoms with Crippen LogP contribution in [0.3, 0.4) is 0 Å². The minimum absolute atomic E-state index is 0.157. The molecule has 0 atom stereocenters. The van der Waals surface area contributed by atoms with Gasteiger partial charge in [-0.2, -0.15) is 0 Å². The normalized spacial score (nSPS) is 15.4. The van der Waals surface area contributed by atoms with Crippen LogP contribution in [0.4, 0.5) is 0 Å². The summed E-state index contributed by atoms with van der Waals surface area (Å²) in [7, 11) is 0. The number of carboxylic acid groups (broad SMARTS) is 1. The average Bonchev–Trinajstić information content (AvgIpc) is 2.26. The number of hydrogen-bond donors (Lipinski definition) is 1. The Hall–Kier alpha value is -1.35. The van der Waals surface area contributed by atoms with Crippen LogP contribution >= 0.6 is 0 Å². The summed E-state index contributed by atoms with van der Waals surface area (Å²) < 4.78 is 5.43. The summed E-state index contributed by atoms with van der Waals surface area (Å²) in [6.07, 6.45) is 1.04. The minimum atomic E-state index is -0.750. The van der Waals surface area contributed by atoms with Gasteiger partial charge in [-0.25, -0.2) is 0 Å². The molecule has 1 N–H and O–H groups in total. The highest BCUT2D eigenvalue weighted by molar-refractivity contribution is 5.69. The average molecular weight is 234 g/mol. The summed E-state index contributed by atoms with van der Waals surface area (Å²) in [5, 5.41) is 8.99. The van der Waals surface area contributed by atoms with Crippen molar-refractivity contribution in [1.29, 1.82) is 0 Å². The van der Waals surface area contributed by atoms with Crippen LogP contribution in [0.25, 0.3) is 0 Å². The lowest BCUT2D eigenvalue weighted by Gasteiger charge is -2.29. The predicted octanol–water partition coefficient (Wildman–Crippen LogP) is 2.51. The lowest BCUT2D eigenvalue weighted by molar-refractivity contribution is -0.138. The Balaban J connectivity index is 2.41. The van der Waals surface area contributed by atoms with Crippen molar-refractivity contribution in [3.8, 4) is 0 Å². The van der Waals surface area contributed by atoms with Crippen molar-refractivity contribution >= 4 is 5.97 Å². The van der Waals surface area contributed by atoms with E-state index in [1.54, 1.807) is 0 Å². The van der Waals surface area contributed by atoms with Gasteiger partial charge in [0.2, 0.25) is 0 Å². The Morgan fingerprint density at radius 3 is 2.94 bits per heavy atom. The number of benzene rings is 1. The summed E-state index contributed by atoms with van der Waals surface area (Å²) >= 11 is 0. The molecule has 92 valence electrons. The Labute approximate surface area is 101 Å². The number of carbonyl (C=O) groups is 1. The van der Waals surface area contributed by atoms with E-state index in [0.717, 1.165) is 18.6 Å². The van der Waals surface area contributed by atoms with Crippen LogP contribution in [0.5, 0.6) is 0 Å². The van der Waals surface area contributed by atoms with Gasteiger partial charge in [0.15, 0.2) is 0 Å². The fourth-order valence-electron chi connectivity index (χ4n) is 2.53. The molecular formula is C14H18O3. The molecule has 1 aliphatic heterocycles. The molecule has 3 nitrogen and oxygen atoms in total. The molecule has 0 saturated carbocycles. The zero-order chi connectivity index (χ0) is 12.5. The molecule has 17 heavy (non-hydrogen) atoms. The quantitative estimate of drug-likeness (QED) is 0.874. The van der Waals surface area contributed by atoms with Crippen molar-refractivity contribution in [2.45, 2.75) is 38.7 Å². The van der Waals surface area contributed by atoms with Crippen molar-refractivity contribution in [3.63, 3.8) is 0 Å². The molecule has 1 aliphatic rings. The van der Waals surface area contributed by atoms with Gasteiger partial charge in [0, 0.05) is 5.41 Å². The van der Waals surface area contributed by atoms with E-state index in [1.807, 2.05) is 26.0 Å². The topological polar surface area (TPSA) is 46.5 Å². The van der Waals surface area contributed by atoms with Crippen LogP contribution in [-0.2, 0) is 28.0 Å². The van der Waals surface area contributed by atoms with Crippen molar-refractivity contribution in [2.75, 3.05) is 6.61 Å². The van der Waals surface area contributed by atoms with Gasteiger partial charge in [0.1, 0.15) is 0 Å². The lowest BCUT2D eigenvalue weighted by atomic mass is 9.77. The number of carboxylic acids is 1. The largest absolute Gasteiger partial charge is 0.481 e. The summed E-state index contributed by atoms with van der Waals surface area (Å²) in [6, 6.07) is 6.11. The molecular weight excluding hydrogens is 216 g/mol. The molecule has 0 aliphatic carbocycles. The van der Waals surface area contributed by atoms with Gasteiger partial charge in [-0.05, 0) is 23.1 Å². The molecule has 1 aromatic carbocycles. The molecule has 1 heterocycles. The van der Waals surface area contributed by atoms with E-state index in [1.165, 1.54) is 11.1 Å². The van der Waals surface area contributed by atoms with Crippen LogP contribution in [0.15, 0.2) is 18.2 Å². The number of fused-ring (bicyclic) bond motifs is 1. The zero-order valence-electron chi connectivity index (χ0n) is 10.3. The van der Waals surface area contributed by atoms with E-state index in [9.17, 15) is 4.79 Å². The summed E-state index contributed by atoms with van der Waals surface area (Å²) in [6.45, 7) is 5.36. The van der Waals surface area contributed by atoms with Crippen LogP contribution in [0.2, 0.25) is 0 Å². The van der Waals surface area contributed by atoms with Gasteiger partial charge in [-0.1, -0.05) is 32.0 Å². The van der Waals surface area contributed by atoms with Crippen LogP contribution in [-0.4, -0.2) is 17.7 Å². The first-order valence-corrected chi connectivity index (χ1v) is 5.91. The molecule has 3 heteroatoms. The molecule has 0 saturated heterocycles. The highest BCUT2D eigenvalue weighted by atomic mass is 16.5. The molecule has 0 unspecified atom stereocenters. The highest BCUT2D eigenvalue weighted by Gasteiger charge is 2.28. The Morgan fingerprint density at radius 2 is 2.24 bits per heavy atom. The Morgan fingerprint density at radius 1 is 1.47 bits per heavy atom. The van der Waals surface area contributed by atoms with Crippen molar-refractivity contribution in [3.05, 3.63) is 34.9 Å². The Kier molecular flexibility index (Phi) is 3.20. The van der Waals surface area contributed by atoms with E-state index in [2.05, 4.69) is 6.07 Å². The van der Waals surface area contributed by atoms with Crippen molar-refractivity contribution in [1.82, 2.24) is 0 Å². The molecule has 0 fully saturated rings. The fraction of sp³-hybridized carbons (Fsp3) is 0.500. The van der Waals surface area contributed by atoms with E-state index < -0.39 is 5.97 Å². The molecule has 0 spiro atoms. The second-order valence-electron chi connectivity index (χ2n) is 5.20. The minimum Gasteiger partial charge on any atom is -0.481 e. The first-order chi connectivity index (χ1) is 8.00. The standard InChI is InChI=1S/C14H18O3/c1-14(2,8-13(15)16)12-5-3-4-10-9-17-7-6-11(10)12/h3-5H,6-9H2,1-2H3,(H,15,16). The molecule has 0 bridgehead atoms. The van der Waals surface area contributed by atoms with Crippen LogP contribution in [0.1, 0.15) is 37.0 Å². The van der Waals surface area contributed by atoms with Gasteiger partial charge >= 0.3 is 5.97 Å². The summed E-state index contributed by atoms with van der Waals surface area (Å²) in [4.78, 5) is 10.9. The lowest BCUT2D eigenvalue weighted by Crippen LogP contribution is -2.25. The van der Waals surface area contributed by atoms with E-state index in [0.29, 0.717) is 6.61 Å². The van der Waals surface area contributed by atoms with Crippen molar-refractivity contribution < 1.29 is 14.6 Å². The van der Waals surface area contributed by atoms with Crippen molar-refractivity contribution in [2.24, 2.45) is 0 Å². The third-order valence-electron chi connectivity index (χ3n) is 3.35. The number of ether oxygens (including phenoxy) is 1. The molecule has 2 rings (SSSR count). The first kappa shape index (κ1) is 12.1. The maximum absolute atomic E-state index is 10.9. The number of hydrogen-bond acceptors (Lipinski definition) is 2. The van der Waals surface area contributed by atoms with Gasteiger partial charge in [-0.3, -0.25) is 4.79 Å². The third kappa shape index (κ3) is 2.50. The monoisotopic (exact) mass is 234 g/mol. The number of rotatable bonds is 3. The predicted molar refractivity (Wildman–Crippen MR) is 65.1 cm³/mol. The molecule has 0 aromatic heterocycles. The van der Waals surface area contributed by atoms with Gasteiger partial charge in [0.05, 0.1) is 19.6 Å². The van der Waals surface area contributed by atoms with Gasteiger partial charge < -0.3 is 9.84 Å². The Bertz CT molecular complexity index is 435. The zero-order valence-corrected chi connectivity index (χ0v) is 10.3. The second kappa shape index (κ2) is 4.49. The molecule has 1 aromatic rings. The summed E-state index contributed by atoms with van der Waals surface area (Å²) in [5.41, 5.74) is 3.31. The SMILES string of the molecule is CC(C)(CC(=O)O)c1cccc2c1CCOC2. The third-order valence-corrected chi connectivity index (χ3v) is 3.35. The molecule has 0 radical (unpaired) electrons. The first-order valence-electron chi connectivity index (χ1n) is 5.91. The van der Waals surface area contributed by atoms with E-state index in [4.69, 9.17) is 9.84 Å². The number of aliphatic carboxylic acids is 1. The van der Waals surface area contributed by atoms with E-state index in [-0.39, 0.29) is 11.8 Å². The van der Waals surface area contributed by atoms with E-state index >= 15 is 0 Å². The second-order valence-corrected chi connectivity index (χ2v) is 5.20. The smallest absolute Gasteiger partial charge is 0.304 e. The summed E-state index contributed by atoms with van der Waals surface area (Å²) in [5.74, 6) is -0.750. The van der Waals surface area contributed by atoms with Crippen LogP contribution in [0, 0.1) is 0 Å². The maximum Gasteiger partial charge on any atom is 0.304 e. The highest BCUT2D eigenvalue weighted by Crippen LogP contribution is 2.33. The maximum atomic E-state index is 10.9.